The molecule has 0 saturated carbocycles. The third kappa shape index (κ3) is 4.10. The molecule has 0 bridgehead atoms. The Labute approximate surface area is 134 Å². The number of hydrogen-bond donors (Lipinski definition) is 1. The van der Waals surface area contributed by atoms with Crippen molar-refractivity contribution in [3.63, 3.8) is 0 Å². The van der Waals surface area contributed by atoms with E-state index in [0.29, 0.717) is 28.7 Å². The molecule has 8 heteroatoms. The van der Waals surface area contributed by atoms with Crippen LogP contribution in [0.25, 0.3) is 0 Å². The van der Waals surface area contributed by atoms with Crippen LogP contribution in [0, 0.1) is 0 Å². The van der Waals surface area contributed by atoms with Gasteiger partial charge in [-0.2, -0.15) is 4.31 Å². The molecule has 1 aromatic rings. The van der Waals surface area contributed by atoms with Crippen molar-refractivity contribution in [3.8, 4) is 0 Å². The number of carbonyl (C=O) groups is 1. The topological polar surface area (TPSA) is 66.5 Å². The van der Waals surface area contributed by atoms with E-state index in [4.69, 9.17) is 23.2 Å². The molecule has 0 radical (unpaired) electrons. The van der Waals surface area contributed by atoms with Gasteiger partial charge in [0.1, 0.15) is 6.04 Å². The molecule has 0 aromatic heterocycles. The Balaban J connectivity index is 2.16. The Bertz CT molecular complexity index is 649. The van der Waals surface area contributed by atoms with Crippen LogP contribution in [0.3, 0.4) is 0 Å². The summed E-state index contributed by atoms with van der Waals surface area (Å²) < 4.78 is 24.8. The summed E-state index contributed by atoms with van der Waals surface area (Å²) in [5.74, 6) is -0.349. The van der Waals surface area contributed by atoms with Crippen LogP contribution in [0.15, 0.2) is 18.2 Å². The largest absolute Gasteiger partial charge is 0.325 e. The van der Waals surface area contributed by atoms with Crippen molar-refractivity contribution >= 4 is 44.8 Å². The Hall–Kier alpha value is -0.820. The molecule has 1 fully saturated rings. The number of anilines is 1. The first kappa shape index (κ1) is 16.5. The molecule has 1 aliphatic heterocycles. The third-order valence-electron chi connectivity index (χ3n) is 3.37. The van der Waals surface area contributed by atoms with E-state index < -0.39 is 16.1 Å². The minimum atomic E-state index is -3.40. The molecule has 1 aliphatic rings. The Morgan fingerprint density at radius 1 is 1.29 bits per heavy atom. The molecule has 1 aromatic carbocycles. The molecule has 0 spiro atoms. The van der Waals surface area contributed by atoms with Crippen LogP contribution in [0.5, 0.6) is 0 Å². The first-order chi connectivity index (χ1) is 9.79. The molecular weight excluding hydrogens is 335 g/mol. The SMILES string of the molecule is CS(=O)(=O)N1CCCCC1C(=O)Nc1ccc(Cl)c(Cl)c1. The highest BCUT2D eigenvalue weighted by molar-refractivity contribution is 7.88. The maximum atomic E-state index is 12.3. The first-order valence-corrected chi connectivity index (χ1v) is 9.12. The summed E-state index contributed by atoms with van der Waals surface area (Å²) in [5, 5.41) is 3.42. The molecule has 0 aliphatic carbocycles. The molecule has 1 heterocycles. The highest BCUT2D eigenvalue weighted by Gasteiger charge is 2.34. The van der Waals surface area contributed by atoms with Gasteiger partial charge < -0.3 is 5.32 Å². The zero-order chi connectivity index (χ0) is 15.6. The van der Waals surface area contributed by atoms with Gasteiger partial charge >= 0.3 is 0 Å². The monoisotopic (exact) mass is 350 g/mol. The lowest BCUT2D eigenvalue weighted by atomic mass is 10.0. The maximum absolute atomic E-state index is 12.3. The predicted octanol–water partition coefficient (Wildman–Crippen LogP) is 2.75. The number of nitrogens with one attached hydrogen (secondary N) is 1. The molecule has 1 N–H and O–H groups in total. The van der Waals surface area contributed by atoms with E-state index in [9.17, 15) is 13.2 Å². The highest BCUT2D eigenvalue weighted by Crippen LogP contribution is 2.26. The van der Waals surface area contributed by atoms with Crippen molar-refractivity contribution in [1.82, 2.24) is 4.31 Å². The summed E-state index contributed by atoms with van der Waals surface area (Å²) in [6.07, 6.45) is 3.23. The summed E-state index contributed by atoms with van der Waals surface area (Å²) >= 11 is 11.7. The average molecular weight is 351 g/mol. The van der Waals surface area contributed by atoms with Gasteiger partial charge in [0.05, 0.1) is 16.3 Å². The van der Waals surface area contributed by atoms with Crippen molar-refractivity contribution < 1.29 is 13.2 Å². The van der Waals surface area contributed by atoms with Crippen LogP contribution in [0.4, 0.5) is 5.69 Å². The van der Waals surface area contributed by atoms with E-state index in [0.717, 1.165) is 19.1 Å². The average Bonchev–Trinajstić information content (AvgIpc) is 2.42. The minimum Gasteiger partial charge on any atom is -0.325 e. The number of sulfonamides is 1. The molecule has 116 valence electrons. The van der Waals surface area contributed by atoms with E-state index in [-0.39, 0.29) is 5.91 Å². The van der Waals surface area contributed by atoms with Crippen molar-refractivity contribution in [2.75, 3.05) is 18.1 Å². The third-order valence-corrected chi connectivity index (χ3v) is 5.40. The molecule has 2 rings (SSSR count). The number of carbonyl (C=O) groups excluding carboxylic acids is 1. The van der Waals surface area contributed by atoms with E-state index in [1.807, 2.05) is 0 Å². The fraction of sp³-hybridized carbons (Fsp3) is 0.462. The van der Waals surface area contributed by atoms with Gasteiger partial charge in [-0.05, 0) is 31.0 Å². The van der Waals surface area contributed by atoms with Crippen LogP contribution < -0.4 is 5.32 Å². The molecule has 1 amide bonds. The number of halogens is 2. The van der Waals surface area contributed by atoms with Crippen molar-refractivity contribution in [2.24, 2.45) is 0 Å². The lowest BCUT2D eigenvalue weighted by molar-refractivity contribution is -0.120. The van der Waals surface area contributed by atoms with E-state index in [1.54, 1.807) is 12.1 Å². The highest BCUT2D eigenvalue weighted by atomic mass is 35.5. The summed E-state index contributed by atoms with van der Waals surface area (Å²) in [5.41, 5.74) is 0.494. The van der Waals surface area contributed by atoms with Crippen LogP contribution in [0.2, 0.25) is 10.0 Å². The van der Waals surface area contributed by atoms with Crippen LogP contribution in [0.1, 0.15) is 19.3 Å². The quantitative estimate of drug-likeness (QED) is 0.911. The Morgan fingerprint density at radius 2 is 2.00 bits per heavy atom. The molecule has 1 atom stereocenters. The van der Waals surface area contributed by atoms with E-state index in [1.165, 1.54) is 10.4 Å². The first-order valence-electron chi connectivity index (χ1n) is 6.52. The smallest absolute Gasteiger partial charge is 0.242 e. The summed E-state index contributed by atoms with van der Waals surface area (Å²) in [6, 6.07) is 4.06. The summed E-state index contributed by atoms with van der Waals surface area (Å²) in [7, 11) is -3.40. The molecule has 21 heavy (non-hydrogen) atoms. The van der Waals surface area contributed by atoms with Crippen LogP contribution in [-0.2, 0) is 14.8 Å². The number of nitrogens with zero attached hydrogens (tertiary/aromatic N) is 1. The predicted molar refractivity (Wildman–Crippen MR) is 84.3 cm³/mol. The molecular formula is C13H16Cl2N2O3S. The maximum Gasteiger partial charge on any atom is 0.242 e. The standard InChI is InChI=1S/C13H16Cl2N2O3S/c1-21(19,20)17-7-3-2-4-12(17)13(18)16-9-5-6-10(14)11(15)8-9/h5-6,8,12H,2-4,7H2,1H3,(H,16,18). The van der Waals surface area contributed by atoms with Gasteiger partial charge in [0.15, 0.2) is 0 Å². The van der Waals surface area contributed by atoms with Crippen molar-refractivity contribution in [3.05, 3.63) is 28.2 Å². The fourth-order valence-electron chi connectivity index (χ4n) is 2.36. The molecule has 1 saturated heterocycles. The zero-order valence-corrected chi connectivity index (χ0v) is 13.8. The van der Waals surface area contributed by atoms with Gasteiger partial charge in [-0.25, -0.2) is 8.42 Å². The van der Waals surface area contributed by atoms with Crippen LogP contribution >= 0.6 is 23.2 Å². The number of amides is 1. The van der Waals surface area contributed by atoms with E-state index in [2.05, 4.69) is 5.32 Å². The Morgan fingerprint density at radius 3 is 2.62 bits per heavy atom. The minimum absolute atomic E-state index is 0.332. The number of rotatable bonds is 3. The van der Waals surface area contributed by atoms with Gasteiger partial charge in [0.2, 0.25) is 15.9 Å². The summed E-state index contributed by atoms with van der Waals surface area (Å²) in [4.78, 5) is 12.3. The second kappa shape index (κ2) is 6.52. The molecule has 5 nitrogen and oxygen atoms in total. The van der Waals surface area contributed by atoms with Gasteiger partial charge in [-0.3, -0.25) is 4.79 Å². The second-order valence-corrected chi connectivity index (χ2v) is 7.75. The zero-order valence-electron chi connectivity index (χ0n) is 11.5. The number of hydrogen-bond acceptors (Lipinski definition) is 3. The van der Waals surface area contributed by atoms with Crippen molar-refractivity contribution in [1.29, 1.82) is 0 Å². The second-order valence-electron chi connectivity index (χ2n) is 5.00. The van der Waals surface area contributed by atoms with Gasteiger partial charge in [0.25, 0.3) is 0 Å². The lowest BCUT2D eigenvalue weighted by Crippen LogP contribution is -2.49. The lowest BCUT2D eigenvalue weighted by Gasteiger charge is -2.32. The van der Waals surface area contributed by atoms with E-state index >= 15 is 0 Å². The van der Waals surface area contributed by atoms with Crippen LogP contribution in [-0.4, -0.2) is 37.5 Å². The van der Waals surface area contributed by atoms with Gasteiger partial charge in [-0.15, -0.1) is 0 Å². The van der Waals surface area contributed by atoms with Gasteiger partial charge in [-0.1, -0.05) is 29.6 Å². The van der Waals surface area contributed by atoms with Gasteiger partial charge in [0, 0.05) is 12.2 Å². The normalized spacial score (nSPS) is 20.2. The van der Waals surface area contributed by atoms with Crippen molar-refractivity contribution in [2.45, 2.75) is 25.3 Å². The number of benzene rings is 1. The molecule has 1 unspecified atom stereocenters. The fourth-order valence-corrected chi connectivity index (χ4v) is 3.79. The summed E-state index contributed by atoms with van der Waals surface area (Å²) in [6.45, 7) is 0.373. The Kier molecular flexibility index (Phi) is 5.14. The number of piperidine rings is 1.